The minimum Gasteiger partial charge on any atom is -0.357 e. The second-order valence-corrected chi connectivity index (χ2v) is 17.7. The quantitative estimate of drug-likeness (QED) is 0.163. The summed E-state index contributed by atoms with van der Waals surface area (Å²) < 4.78 is 0. The van der Waals surface area contributed by atoms with Crippen molar-refractivity contribution in [3.8, 4) is 45.6 Å². The Morgan fingerprint density at radius 1 is 0.400 bits per heavy atom. The average molecular weight is 768 g/mol. The van der Waals surface area contributed by atoms with Crippen LogP contribution in [0.5, 0.6) is 0 Å². The molecular formula is C46H44CoN8. The van der Waals surface area contributed by atoms with E-state index in [1.807, 2.05) is 0 Å². The van der Waals surface area contributed by atoms with Gasteiger partial charge in [0.05, 0.1) is 23.3 Å². The first-order chi connectivity index (χ1) is 25.5. The van der Waals surface area contributed by atoms with E-state index in [0.29, 0.717) is 45.9 Å². The average Bonchev–Trinajstić information content (AvgIpc) is 3.84. The van der Waals surface area contributed by atoms with Crippen molar-refractivity contribution < 1.29 is 16.8 Å². The second-order valence-electron chi connectivity index (χ2n) is 17.7. The molecule has 0 N–H and O–H groups in total. The molecule has 4 aromatic carbocycles. The third kappa shape index (κ3) is 6.23. The molecule has 0 spiro atoms. The van der Waals surface area contributed by atoms with Crippen LogP contribution in [0.2, 0.25) is 0 Å². The molecule has 8 nitrogen and oxygen atoms in total. The monoisotopic (exact) mass is 767 g/mol. The molecule has 8 bridgehead atoms. The Labute approximate surface area is 332 Å². The fraction of sp³-hybridized carbons (Fsp3) is 0.304. The van der Waals surface area contributed by atoms with Gasteiger partial charge in [0.25, 0.3) is 0 Å². The van der Waals surface area contributed by atoms with E-state index in [1.165, 1.54) is 22.3 Å². The zero-order valence-corrected chi connectivity index (χ0v) is 34.1. The molecule has 3 aromatic heterocycles. The van der Waals surface area contributed by atoms with E-state index in [4.69, 9.17) is 39.9 Å². The maximum atomic E-state index is 5.23. The van der Waals surface area contributed by atoms with Crippen LogP contribution < -0.4 is 9.97 Å². The van der Waals surface area contributed by atoms with Crippen LogP contribution in [0.25, 0.3) is 89.7 Å². The number of fused-ring (bicyclic) bond motifs is 20. The van der Waals surface area contributed by atoms with E-state index in [9.17, 15) is 0 Å². The summed E-state index contributed by atoms with van der Waals surface area (Å²) in [6.45, 7) is 22.1. The van der Waals surface area contributed by atoms with E-state index in [1.54, 1.807) is 0 Å². The fourth-order valence-electron chi connectivity index (χ4n) is 7.33. The van der Waals surface area contributed by atoms with Gasteiger partial charge in [-0.15, -0.1) is 0 Å². The van der Waals surface area contributed by atoms with E-state index >= 15 is 0 Å². The van der Waals surface area contributed by atoms with Crippen LogP contribution >= 0.6 is 0 Å². The molecule has 2 aliphatic heterocycles. The number of rotatable bonds is 1. The van der Waals surface area contributed by atoms with Gasteiger partial charge >= 0.3 is 16.8 Å². The first kappa shape index (κ1) is 36.7. The minimum atomic E-state index is -0.0783. The molecule has 7 aromatic rings. The van der Waals surface area contributed by atoms with Gasteiger partial charge in [-0.1, -0.05) is 124 Å². The molecule has 2 aliphatic rings. The number of aromatic nitrogens is 8. The Bertz CT molecular complexity index is 2860. The van der Waals surface area contributed by atoms with Crippen molar-refractivity contribution in [1.29, 1.82) is 0 Å². The summed E-state index contributed by atoms with van der Waals surface area (Å²) in [5.74, 6) is 2.26. The Hall–Kier alpha value is -5.25. The van der Waals surface area contributed by atoms with Gasteiger partial charge in [-0.25, -0.2) is 9.97 Å². The van der Waals surface area contributed by atoms with Gasteiger partial charge in [-0.2, -0.15) is 0 Å². The standard InChI is InChI=1S/C46H44N8.Co/c1-11-24-12-16-28-32(20-24)40-47-36(28)49-41-34-22-26(45(5,6)7)14-18-30(34)38(51-41)53-43-35-23-27(46(8,9)10)15-19-31(35)39(54-43)52-42-33-21-25(44(2,3)4)13-17-29(33)37(48-40)50-42;/h12-23H,11H2,1-10H3;/q-2;+2. The van der Waals surface area contributed by atoms with E-state index < -0.39 is 0 Å². The molecule has 0 unspecified atom stereocenters. The molecule has 277 valence electrons. The van der Waals surface area contributed by atoms with Crippen LogP contribution in [0.15, 0.2) is 72.8 Å². The van der Waals surface area contributed by atoms with Crippen molar-refractivity contribution >= 4 is 44.1 Å². The summed E-state index contributed by atoms with van der Waals surface area (Å²) >= 11 is 0. The maximum absolute atomic E-state index is 5.23. The van der Waals surface area contributed by atoms with Gasteiger partial charge in [0.1, 0.15) is 0 Å². The second kappa shape index (κ2) is 12.6. The summed E-state index contributed by atoms with van der Waals surface area (Å²) in [6, 6.07) is 25.8. The van der Waals surface area contributed by atoms with Gasteiger partial charge in [0.15, 0.2) is 0 Å². The van der Waals surface area contributed by atoms with Crippen molar-refractivity contribution in [2.75, 3.05) is 0 Å². The molecule has 0 atom stereocenters. The van der Waals surface area contributed by atoms with Crippen LogP contribution in [0.1, 0.15) is 91.5 Å². The molecule has 0 amide bonds. The Morgan fingerprint density at radius 2 is 0.764 bits per heavy atom. The molecule has 5 heterocycles. The summed E-state index contributed by atoms with van der Waals surface area (Å²) in [5.41, 5.74) is 10.4. The van der Waals surface area contributed by atoms with Crippen molar-refractivity contribution in [2.45, 2.75) is 91.9 Å². The van der Waals surface area contributed by atoms with E-state index in [2.05, 4.69) is 142 Å². The van der Waals surface area contributed by atoms with Gasteiger partial charge < -0.3 is 29.9 Å². The first-order valence-electron chi connectivity index (χ1n) is 18.8. The predicted octanol–water partition coefficient (Wildman–Crippen LogP) is 10.6. The minimum absolute atomic E-state index is 0. The van der Waals surface area contributed by atoms with Gasteiger partial charge in [-0.05, 0) is 84.7 Å². The first-order valence-corrected chi connectivity index (χ1v) is 18.8. The summed E-state index contributed by atoms with van der Waals surface area (Å²) in [4.78, 5) is 41.4. The van der Waals surface area contributed by atoms with Crippen LogP contribution in [-0.2, 0) is 39.4 Å². The summed E-state index contributed by atoms with van der Waals surface area (Å²) in [7, 11) is 0. The number of benzene rings is 4. The molecular weight excluding hydrogens is 723 g/mol. The molecule has 55 heavy (non-hydrogen) atoms. The van der Waals surface area contributed by atoms with Crippen LogP contribution in [0.4, 0.5) is 0 Å². The normalized spacial score (nSPS) is 12.8. The van der Waals surface area contributed by atoms with Crippen LogP contribution in [0.3, 0.4) is 0 Å². The Morgan fingerprint density at radius 3 is 1.20 bits per heavy atom. The smallest absolute Gasteiger partial charge is 0.357 e. The van der Waals surface area contributed by atoms with Crippen molar-refractivity contribution in [1.82, 2.24) is 39.9 Å². The van der Waals surface area contributed by atoms with Crippen molar-refractivity contribution in [3.05, 3.63) is 95.1 Å². The Balaban J connectivity index is 0.00000427. The molecule has 0 aliphatic carbocycles. The van der Waals surface area contributed by atoms with Gasteiger partial charge in [0.2, 0.25) is 0 Å². The SMILES string of the molecule is CCc1ccc2c3nc4nc(nc5[n-]c(nc6nc(nc([n-]3)c2c1)-c1ccc(C(C)(C)C)cc1-6)c1ccc(C(C)(C)C)cc51)-c1ccc(C(C)(C)C)cc1-4.[Co+2]. The molecule has 0 saturated carbocycles. The number of nitrogens with zero attached hydrogens (tertiary/aromatic N) is 8. The topological polar surface area (TPSA) is 106 Å². The van der Waals surface area contributed by atoms with Crippen LogP contribution in [0, 0.1) is 0 Å². The van der Waals surface area contributed by atoms with Crippen molar-refractivity contribution in [2.24, 2.45) is 0 Å². The Kier molecular flexibility index (Phi) is 8.44. The molecule has 0 fully saturated rings. The predicted molar refractivity (Wildman–Crippen MR) is 219 cm³/mol. The largest absolute Gasteiger partial charge is 2.00 e. The van der Waals surface area contributed by atoms with Gasteiger partial charge in [0, 0.05) is 44.8 Å². The summed E-state index contributed by atoms with van der Waals surface area (Å²) in [6.07, 6.45) is 0.887. The zero-order valence-electron chi connectivity index (χ0n) is 33.0. The van der Waals surface area contributed by atoms with E-state index in [0.717, 1.165) is 50.2 Å². The molecule has 0 saturated heterocycles. The third-order valence-corrected chi connectivity index (χ3v) is 10.8. The number of aryl methyl sites for hydroxylation is 1. The molecule has 9 heteroatoms. The third-order valence-electron chi connectivity index (χ3n) is 10.8. The number of hydrogen-bond donors (Lipinski definition) is 0. The van der Waals surface area contributed by atoms with Gasteiger partial charge in [-0.3, -0.25) is 0 Å². The van der Waals surface area contributed by atoms with Crippen molar-refractivity contribution in [3.63, 3.8) is 0 Å². The zero-order chi connectivity index (χ0) is 37.9. The number of hydrogen-bond acceptors (Lipinski definition) is 6. The maximum Gasteiger partial charge on any atom is 2.00 e. The fourth-order valence-corrected chi connectivity index (χ4v) is 7.33. The summed E-state index contributed by atoms with van der Waals surface area (Å²) in [5, 5.41) is 3.66. The van der Waals surface area contributed by atoms with Crippen LogP contribution in [-0.4, -0.2) is 29.9 Å². The molecule has 1 radical (unpaired) electrons. The van der Waals surface area contributed by atoms with E-state index in [-0.39, 0.29) is 33.0 Å². The molecule has 9 rings (SSSR count).